The first-order chi connectivity index (χ1) is 18.8. The highest BCUT2D eigenvalue weighted by Crippen LogP contribution is 2.67. The molecule has 1 saturated heterocycles. The number of aliphatic carboxylic acids is 1. The normalized spacial score (nSPS) is 40.5. The third kappa shape index (κ3) is 4.61. The fraction of sp³-hybridized carbons (Fsp3) is 0.767. The van der Waals surface area contributed by atoms with Gasteiger partial charge in [0, 0.05) is 31.2 Å². The van der Waals surface area contributed by atoms with E-state index >= 15 is 0 Å². The van der Waals surface area contributed by atoms with Crippen LogP contribution in [0.15, 0.2) is 11.6 Å². The molecule has 0 bridgehead atoms. The molecule has 1 amide bonds. The summed E-state index contributed by atoms with van der Waals surface area (Å²) in [5.74, 6) is -1.91. The minimum absolute atomic E-state index is 0.00647. The molecule has 220 valence electrons. The number of likely N-dealkylation sites (tertiary alicyclic amines) is 1. The zero-order valence-electron chi connectivity index (χ0n) is 23.4. The second-order valence-electron chi connectivity index (χ2n) is 13.2. The molecule has 5 unspecified atom stereocenters. The summed E-state index contributed by atoms with van der Waals surface area (Å²) in [5, 5.41) is 30.8. The number of aliphatic hydroxyl groups is 2. The molecule has 5 aliphatic rings. The largest absolute Gasteiger partial charge is 0.480 e. The number of carboxylic acids is 1. The third-order valence-corrected chi connectivity index (χ3v) is 11.4. The molecule has 3 N–H and O–H groups in total. The van der Waals surface area contributed by atoms with Crippen LogP contribution in [-0.2, 0) is 28.7 Å². The van der Waals surface area contributed by atoms with Gasteiger partial charge in [-0.2, -0.15) is 0 Å². The molecular formula is C30H41NO9. The van der Waals surface area contributed by atoms with Gasteiger partial charge >= 0.3 is 11.9 Å². The smallest absolute Gasteiger partial charge is 0.326 e. The number of hydrogen-bond acceptors (Lipinski definition) is 8. The van der Waals surface area contributed by atoms with E-state index < -0.39 is 53.4 Å². The van der Waals surface area contributed by atoms with Crippen molar-refractivity contribution in [3.8, 4) is 0 Å². The van der Waals surface area contributed by atoms with Gasteiger partial charge in [0.25, 0.3) is 0 Å². The Kier molecular flexibility index (Phi) is 7.48. The van der Waals surface area contributed by atoms with Crippen molar-refractivity contribution >= 4 is 29.4 Å². The Hall–Kier alpha value is -2.59. The molecule has 1 heterocycles. The van der Waals surface area contributed by atoms with Crippen LogP contribution in [0.1, 0.15) is 84.5 Å². The predicted octanol–water partition coefficient (Wildman–Crippen LogP) is 2.19. The summed E-state index contributed by atoms with van der Waals surface area (Å²) in [5.41, 5.74) is -0.965. The predicted molar refractivity (Wildman–Crippen MR) is 141 cm³/mol. The van der Waals surface area contributed by atoms with Crippen molar-refractivity contribution in [2.24, 2.45) is 28.6 Å². The molecule has 0 radical (unpaired) electrons. The molecule has 0 aromatic heterocycles. The third-order valence-electron chi connectivity index (χ3n) is 11.4. The topological polar surface area (TPSA) is 159 Å². The Bertz CT molecular complexity index is 1150. The molecule has 5 rings (SSSR count). The van der Waals surface area contributed by atoms with E-state index in [2.05, 4.69) is 6.92 Å². The molecule has 4 fully saturated rings. The van der Waals surface area contributed by atoms with E-state index in [0.29, 0.717) is 31.1 Å². The number of rotatable bonds is 7. The quantitative estimate of drug-likeness (QED) is 0.398. The summed E-state index contributed by atoms with van der Waals surface area (Å²) in [7, 11) is 0. The molecule has 3 saturated carbocycles. The van der Waals surface area contributed by atoms with Gasteiger partial charge in [-0.1, -0.05) is 19.4 Å². The van der Waals surface area contributed by atoms with Crippen molar-refractivity contribution in [3.63, 3.8) is 0 Å². The first kappa shape index (κ1) is 28.9. The van der Waals surface area contributed by atoms with Gasteiger partial charge in [-0.3, -0.25) is 19.2 Å². The summed E-state index contributed by atoms with van der Waals surface area (Å²) < 4.78 is 5.19. The lowest BCUT2D eigenvalue weighted by atomic mass is 9.46. The van der Waals surface area contributed by atoms with Crippen molar-refractivity contribution in [1.82, 2.24) is 4.90 Å². The highest BCUT2D eigenvalue weighted by atomic mass is 16.5. The monoisotopic (exact) mass is 559 g/mol. The Morgan fingerprint density at radius 1 is 1.02 bits per heavy atom. The van der Waals surface area contributed by atoms with Crippen molar-refractivity contribution in [2.75, 3.05) is 13.2 Å². The Morgan fingerprint density at radius 2 is 1.75 bits per heavy atom. The molecule has 10 heteroatoms. The van der Waals surface area contributed by atoms with Crippen LogP contribution in [0.4, 0.5) is 0 Å². The number of fused-ring (bicyclic) bond motifs is 5. The molecule has 8 atom stereocenters. The molecule has 0 aromatic carbocycles. The minimum Gasteiger partial charge on any atom is -0.480 e. The highest BCUT2D eigenvalue weighted by molar-refractivity contribution is 5.92. The van der Waals surface area contributed by atoms with Crippen LogP contribution >= 0.6 is 0 Å². The lowest BCUT2D eigenvalue weighted by Gasteiger charge is -2.58. The maximum absolute atomic E-state index is 13.4. The van der Waals surface area contributed by atoms with Gasteiger partial charge in [0.05, 0.1) is 12.5 Å². The SMILES string of the molecule is C[C@]12CCC(=O)C=C1CCC1C2CC[C@@]2(C)C1CC[C@]2(O)C(=O)COC(=O)CCC(=O)N1CC(O)CC1C(=O)O. The van der Waals surface area contributed by atoms with E-state index in [0.717, 1.165) is 37.0 Å². The summed E-state index contributed by atoms with van der Waals surface area (Å²) in [6, 6.07) is -1.13. The number of amides is 1. The summed E-state index contributed by atoms with van der Waals surface area (Å²) in [6.07, 6.45) is 6.12. The van der Waals surface area contributed by atoms with Crippen LogP contribution in [0.25, 0.3) is 0 Å². The number of nitrogens with zero attached hydrogens (tertiary/aromatic N) is 1. The van der Waals surface area contributed by atoms with E-state index in [9.17, 15) is 39.3 Å². The van der Waals surface area contributed by atoms with Crippen LogP contribution in [0, 0.1) is 28.6 Å². The molecule has 0 aromatic rings. The van der Waals surface area contributed by atoms with Gasteiger partial charge in [0.15, 0.2) is 12.4 Å². The number of Topliss-reactive ketones (excluding diaryl/α,β-unsaturated/α-hetero) is 1. The van der Waals surface area contributed by atoms with Gasteiger partial charge in [-0.05, 0) is 74.2 Å². The lowest BCUT2D eigenvalue weighted by molar-refractivity contribution is -0.170. The van der Waals surface area contributed by atoms with Gasteiger partial charge in [-0.25, -0.2) is 4.79 Å². The number of aliphatic hydroxyl groups excluding tert-OH is 1. The number of hydrogen-bond donors (Lipinski definition) is 3. The van der Waals surface area contributed by atoms with Crippen LogP contribution < -0.4 is 0 Å². The average molecular weight is 560 g/mol. The van der Waals surface area contributed by atoms with E-state index in [4.69, 9.17) is 4.74 Å². The molecule has 1 aliphatic heterocycles. The van der Waals surface area contributed by atoms with E-state index in [-0.39, 0.29) is 42.9 Å². The van der Waals surface area contributed by atoms with Crippen molar-refractivity contribution in [1.29, 1.82) is 0 Å². The van der Waals surface area contributed by atoms with Gasteiger partial charge in [-0.15, -0.1) is 0 Å². The van der Waals surface area contributed by atoms with E-state index in [1.807, 2.05) is 13.0 Å². The number of carboxylic acid groups (broad SMARTS) is 1. The first-order valence-electron chi connectivity index (χ1n) is 14.7. The summed E-state index contributed by atoms with van der Waals surface area (Å²) >= 11 is 0. The standard InChI is InChI=1S/C30H41NO9/c1-28-10-7-18(32)13-17(28)3-4-20-21(28)8-11-29(2)22(20)9-12-30(29,39)24(34)16-40-26(36)6-5-25(35)31-15-19(33)14-23(31)27(37)38/h13,19-23,33,39H,3-12,14-16H2,1-2H3,(H,37,38)/t19?,20?,21?,22?,23?,28-,29-,30-/m0/s1. The highest BCUT2D eigenvalue weighted by Gasteiger charge is 2.66. The maximum Gasteiger partial charge on any atom is 0.326 e. The molecule has 4 aliphatic carbocycles. The second-order valence-corrected chi connectivity index (χ2v) is 13.2. The van der Waals surface area contributed by atoms with Gasteiger partial charge in [0.1, 0.15) is 11.6 Å². The van der Waals surface area contributed by atoms with Gasteiger partial charge < -0.3 is 25.0 Å². The Balaban J connectivity index is 1.18. The van der Waals surface area contributed by atoms with E-state index in [1.54, 1.807) is 0 Å². The van der Waals surface area contributed by atoms with E-state index in [1.165, 1.54) is 5.57 Å². The van der Waals surface area contributed by atoms with Crippen LogP contribution in [-0.4, -0.2) is 80.5 Å². The summed E-state index contributed by atoms with van der Waals surface area (Å²) in [4.78, 5) is 62.7. The van der Waals surface area contributed by atoms with Crippen LogP contribution in [0.2, 0.25) is 0 Å². The number of ether oxygens (including phenoxy) is 1. The minimum atomic E-state index is -1.60. The number of esters is 1. The Morgan fingerprint density at radius 3 is 2.48 bits per heavy atom. The van der Waals surface area contributed by atoms with Crippen molar-refractivity contribution < 1.29 is 44.0 Å². The summed E-state index contributed by atoms with van der Waals surface area (Å²) in [6.45, 7) is 3.61. The fourth-order valence-corrected chi connectivity index (χ4v) is 9.05. The van der Waals surface area contributed by atoms with Gasteiger partial charge in [0.2, 0.25) is 11.7 Å². The number of β-amino-alcohol motifs (C(OH)–C–C–N with tert-alkyl or cyclic N) is 1. The average Bonchev–Trinajstić information content (AvgIpc) is 3.44. The van der Waals surface area contributed by atoms with Crippen LogP contribution in [0.5, 0.6) is 0 Å². The Labute approximate surface area is 234 Å². The zero-order chi connectivity index (χ0) is 29.0. The molecule has 0 spiro atoms. The second kappa shape index (κ2) is 10.4. The lowest BCUT2D eigenvalue weighted by Crippen LogP contribution is -2.58. The van der Waals surface area contributed by atoms with Crippen LogP contribution in [0.3, 0.4) is 0 Å². The molecule has 10 nitrogen and oxygen atoms in total. The molecular weight excluding hydrogens is 518 g/mol. The number of ketones is 2. The fourth-order valence-electron chi connectivity index (χ4n) is 9.05. The maximum atomic E-state index is 13.4. The number of carbonyl (C=O) groups excluding carboxylic acids is 4. The molecule has 40 heavy (non-hydrogen) atoms. The zero-order valence-corrected chi connectivity index (χ0v) is 23.4. The number of allylic oxidation sites excluding steroid dienone is 1. The first-order valence-corrected chi connectivity index (χ1v) is 14.7. The number of carbonyl (C=O) groups is 5. The van der Waals surface area contributed by atoms with Crippen molar-refractivity contribution in [2.45, 2.75) is 102 Å². The van der Waals surface area contributed by atoms with Crippen molar-refractivity contribution in [3.05, 3.63) is 11.6 Å².